The lowest BCUT2D eigenvalue weighted by Crippen LogP contribution is -2.48. The second-order valence-electron chi connectivity index (χ2n) is 4.60. The Morgan fingerprint density at radius 3 is 2.78 bits per heavy atom. The number of imide groups is 1. The first-order chi connectivity index (χ1) is 8.63. The molecule has 0 radical (unpaired) electrons. The van der Waals surface area contributed by atoms with E-state index in [1.165, 1.54) is 4.90 Å². The highest BCUT2D eigenvalue weighted by atomic mass is 16.2. The topological polar surface area (TPSA) is 49.4 Å². The van der Waals surface area contributed by atoms with Gasteiger partial charge in [-0.05, 0) is 25.1 Å². The summed E-state index contributed by atoms with van der Waals surface area (Å²) in [6.07, 6.45) is 0.320. The van der Waals surface area contributed by atoms with Crippen molar-refractivity contribution in [3.05, 3.63) is 35.4 Å². The molecule has 1 aromatic carbocycles. The van der Waals surface area contributed by atoms with Crippen molar-refractivity contribution in [1.82, 2.24) is 10.2 Å². The van der Waals surface area contributed by atoms with Crippen molar-refractivity contribution in [3.8, 4) is 0 Å². The van der Waals surface area contributed by atoms with Crippen molar-refractivity contribution in [2.75, 3.05) is 13.1 Å². The van der Waals surface area contributed by atoms with Gasteiger partial charge in [0.1, 0.15) is 0 Å². The van der Waals surface area contributed by atoms with E-state index in [0.717, 1.165) is 12.1 Å². The molecular weight excluding hydrogens is 228 g/mol. The summed E-state index contributed by atoms with van der Waals surface area (Å²) in [7, 11) is 0. The zero-order chi connectivity index (χ0) is 13.1. The SMILES string of the molecule is CCNC(C)CN1C(=O)Cc2ccccc2C1=O. The highest BCUT2D eigenvalue weighted by Gasteiger charge is 2.31. The van der Waals surface area contributed by atoms with Gasteiger partial charge in [-0.15, -0.1) is 0 Å². The quantitative estimate of drug-likeness (QED) is 0.812. The van der Waals surface area contributed by atoms with Crippen LogP contribution >= 0.6 is 0 Å². The van der Waals surface area contributed by atoms with E-state index < -0.39 is 0 Å². The van der Waals surface area contributed by atoms with Crippen LogP contribution in [0.15, 0.2) is 24.3 Å². The van der Waals surface area contributed by atoms with Gasteiger partial charge in [-0.25, -0.2) is 0 Å². The lowest BCUT2D eigenvalue weighted by molar-refractivity contribution is -0.128. The molecular formula is C14H18N2O2. The number of carbonyl (C=O) groups is 2. The maximum Gasteiger partial charge on any atom is 0.260 e. The second-order valence-corrected chi connectivity index (χ2v) is 4.60. The van der Waals surface area contributed by atoms with Crippen LogP contribution < -0.4 is 5.32 Å². The van der Waals surface area contributed by atoms with Gasteiger partial charge >= 0.3 is 0 Å². The van der Waals surface area contributed by atoms with Crippen LogP contribution in [0.25, 0.3) is 0 Å². The van der Waals surface area contributed by atoms with Crippen molar-refractivity contribution in [2.45, 2.75) is 26.3 Å². The van der Waals surface area contributed by atoms with Crippen molar-refractivity contribution in [2.24, 2.45) is 0 Å². The van der Waals surface area contributed by atoms with E-state index in [2.05, 4.69) is 5.32 Å². The van der Waals surface area contributed by atoms with Gasteiger partial charge in [-0.1, -0.05) is 25.1 Å². The third-order valence-electron chi connectivity index (χ3n) is 3.14. The van der Waals surface area contributed by atoms with E-state index in [9.17, 15) is 9.59 Å². The number of hydrogen-bond donors (Lipinski definition) is 1. The first kappa shape index (κ1) is 12.8. The molecule has 0 spiro atoms. The number of amides is 2. The van der Waals surface area contributed by atoms with E-state index in [0.29, 0.717) is 18.5 Å². The maximum atomic E-state index is 12.2. The van der Waals surface area contributed by atoms with Gasteiger partial charge in [0.05, 0.1) is 6.42 Å². The van der Waals surface area contributed by atoms with E-state index >= 15 is 0 Å². The predicted octanol–water partition coefficient (Wildman–Crippen LogP) is 1.21. The monoisotopic (exact) mass is 246 g/mol. The van der Waals surface area contributed by atoms with Crippen LogP contribution in [-0.4, -0.2) is 35.8 Å². The number of fused-ring (bicyclic) bond motifs is 1. The molecule has 2 amide bonds. The smallest absolute Gasteiger partial charge is 0.260 e. The molecule has 1 aliphatic rings. The summed E-state index contributed by atoms with van der Waals surface area (Å²) in [5, 5.41) is 3.21. The fraction of sp³-hybridized carbons (Fsp3) is 0.429. The van der Waals surface area contributed by atoms with Gasteiger partial charge in [0.2, 0.25) is 5.91 Å². The Morgan fingerprint density at radius 2 is 2.06 bits per heavy atom. The summed E-state index contributed by atoms with van der Waals surface area (Å²) in [4.78, 5) is 25.6. The Hall–Kier alpha value is -1.68. The molecule has 4 heteroatoms. The van der Waals surface area contributed by atoms with Crippen molar-refractivity contribution < 1.29 is 9.59 Å². The average molecular weight is 246 g/mol. The molecule has 1 atom stereocenters. The fourth-order valence-electron chi connectivity index (χ4n) is 2.27. The summed E-state index contributed by atoms with van der Waals surface area (Å²) >= 11 is 0. The zero-order valence-electron chi connectivity index (χ0n) is 10.8. The highest BCUT2D eigenvalue weighted by molar-refractivity contribution is 6.09. The standard InChI is InChI=1S/C14H18N2O2/c1-3-15-10(2)9-16-13(17)8-11-6-4-5-7-12(11)14(16)18/h4-7,10,15H,3,8-9H2,1-2H3. The average Bonchev–Trinajstić information content (AvgIpc) is 2.35. The lowest BCUT2D eigenvalue weighted by atomic mass is 9.98. The normalized spacial score (nSPS) is 16.7. The maximum absolute atomic E-state index is 12.2. The Balaban J connectivity index is 2.19. The van der Waals surface area contributed by atoms with E-state index in [4.69, 9.17) is 0 Å². The molecule has 0 saturated heterocycles. The van der Waals surface area contributed by atoms with Gasteiger partial charge in [0.25, 0.3) is 5.91 Å². The molecule has 1 N–H and O–H groups in total. The third kappa shape index (κ3) is 2.43. The van der Waals surface area contributed by atoms with Crippen LogP contribution in [0.5, 0.6) is 0 Å². The molecule has 1 unspecified atom stereocenters. The number of carbonyl (C=O) groups excluding carboxylic acids is 2. The minimum Gasteiger partial charge on any atom is -0.313 e. The van der Waals surface area contributed by atoms with Gasteiger partial charge < -0.3 is 5.32 Å². The van der Waals surface area contributed by atoms with Gasteiger partial charge in [-0.3, -0.25) is 14.5 Å². The Bertz CT molecular complexity index is 471. The van der Waals surface area contributed by atoms with Crippen LogP contribution in [0.4, 0.5) is 0 Å². The minimum atomic E-state index is -0.174. The number of nitrogens with zero attached hydrogens (tertiary/aromatic N) is 1. The van der Waals surface area contributed by atoms with Crippen molar-refractivity contribution >= 4 is 11.8 Å². The van der Waals surface area contributed by atoms with Crippen LogP contribution in [0, 0.1) is 0 Å². The number of rotatable bonds is 4. The Kier molecular flexibility index (Phi) is 3.77. The molecule has 1 heterocycles. The molecule has 1 aromatic rings. The number of benzene rings is 1. The predicted molar refractivity (Wildman–Crippen MR) is 69.3 cm³/mol. The fourth-order valence-corrected chi connectivity index (χ4v) is 2.27. The Labute approximate surface area is 107 Å². The van der Waals surface area contributed by atoms with Gasteiger partial charge in [0.15, 0.2) is 0 Å². The van der Waals surface area contributed by atoms with Gasteiger partial charge in [0, 0.05) is 18.2 Å². The molecule has 2 rings (SSSR count). The lowest BCUT2D eigenvalue weighted by Gasteiger charge is -2.29. The molecule has 18 heavy (non-hydrogen) atoms. The van der Waals surface area contributed by atoms with Crippen LogP contribution in [0.3, 0.4) is 0 Å². The zero-order valence-corrected chi connectivity index (χ0v) is 10.8. The Morgan fingerprint density at radius 1 is 1.33 bits per heavy atom. The first-order valence-electron chi connectivity index (χ1n) is 6.29. The van der Waals surface area contributed by atoms with Crippen molar-refractivity contribution in [1.29, 1.82) is 0 Å². The molecule has 0 aliphatic carbocycles. The molecule has 0 fully saturated rings. The van der Waals surface area contributed by atoms with Crippen LogP contribution in [0.1, 0.15) is 29.8 Å². The van der Waals surface area contributed by atoms with Gasteiger partial charge in [-0.2, -0.15) is 0 Å². The summed E-state index contributed by atoms with van der Waals surface area (Å²) < 4.78 is 0. The molecule has 1 aliphatic heterocycles. The third-order valence-corrected chi connectivity index (χ3v) is 3.14. The number of likely N-dealkylation sites (N-methyl/N-ethyl adjacent to an activating group) is 1. The molecule has 96 valence electrons. The van der Waals surface area contributed by atoms with Crippen molar-refractivity contribution in [3.63, 3.8) is 0 Å². The number of nitrogens with one attached hydrogen (secondary N) is 1. The first-order valence-corrected chi connectivity index (χ1v) is 6.29. The minimum absolute atomic E-state index is 0.108. The molecule has 0 saturated carbocycles. The number of hydrogen-bond acceptors (Lipinski definition) is 3. The molecule has 0 aromatic heterocycles. The van der Waals surface area contributed by atoms with E-state index in [1.807, 2.05) is 32.0 Å². The highest BCUT2D eigenvalue weighted by Crippen LogP contribution is 2.19. The van der Waals surface area contributed by atoms with Crippen LogP contribution in [0.2, 0.25) is 0 Å². The summed E-state index contributed by atoms with van der Waals surface area (Å²) in [5.74, 6) is -0.282. The molecule has 0 bridgehead atoms. The van der Waals surface area contributed by atoms with E-state index in [1.54, 1.807) is 6.07 Å². The summed E-state index contributed by atoms with van der Waals surface area (Å²) in [5.41, 5.74) is 1.49. The summed E-state index contributed by atoms with van der Waals surface area (Å²) in [6.45, 7) is 5.24. The summed E-state index contributed by atoms with van der Waals surface area (Å²) in [6, 6.07) is 7.44. The largest absolute Gasteiger partial charge is 0.313 e. The van der Waals surface area contributed by atoms with Crippen LogP contribution in [-0.2, 0) is 11.2 Å². The molecule has 4 nitrogen and oxygen atoms in total. The van der Waals surface area contributed by atoms with E-state index in [-0.39, 0.29) is 17.9 Å². The second kappa shape index (κ2) is 5.31.